The molecular formula is C22H26N9O7S2+. The number of carboxylic acid groups (broad SMARTS) is 2. The van der Waals surface area contributed by atoms with Gasteiger partial charge in [-0.15, -0.1) is 23.1 Å². The van der Waals surface area contributed by atoms with Gasteiger partial charge < -0.3 is 37.2 Å². The third-order valence-electron chi connectivity index (χ3n) is 5.92. The predicted octanol–water partition coefficient (Wildman–Crippen LogP) is -0.946. The second-order valence-electron chi connectivity index (χ2n) is 9.14. The normalized spacial score (nSPS) is 19.0. The van der Waals surface area contributed by atoms with Gasteiger partial charge in [0.15, 0.2) is 10.8 Å². The molecule has 2 aromatic rings. The zero-order valence-corrected chi connectivity index (χ0v) is 23.1. The molecule has 8 N–H and O–H groups in total. The predicted molar refractivity (Wildman–Crippen MR) is 144 cm³/mol. The number of hydrogen-bond acceptors (Lipinski definition) is 13. The number of carboxylic acids is 2. The largest absolute Gasteiger partial charge is 0.478 e. The Balaban J connectivity index is 1.55. The van der Waals surface area contributed by atoms with Crippen LogP contribution in [0.25, 0.3) is 0 Å². The monoisotopic (exact) mass is 592 g/mol. The number of carbonyl (C=O) groups excluding carboxylic acids is 2. The molecule has 2 aliphatic rings. The maximum Gasteiger partial charge on any atom is 0.352 e. The highest BCUT2D eigenvalue weighted by atomic mass is 32.2. The number of nitrogens with one attached hydrogen (secondary N) is 2. The summed E-state index contributed by atoms with van der Waals surface area (Å²) in [4.78, 5) is 64.3. The molecule has 2 amide bonds. The molecule has 0 aliphatic carbocycles. The lowest BCUT2D eigenvalue weighted by Gasteiger charge is -2.49. The van der Waals surface area contributed by atoms with E-state index in [0.717, 1.165) is 16.2 Å². The second kappa shape index (κ2) is 11.0. The van der Waals surface area contributed by atoms with Gasteiger partial charge in [-0.2, -0.15) is 0 Å². The van der Waals surface area contributed by atoms with E-state index in [-0.39, 0.29) is 28.8 Å². The first-order valence-electron chi connectivity index (χ1n) is 11.6. The quantitative estimate of drug-likeness (QED) is 0.0845. The molecule has 2 aliphatic heterocycles. The van der Waals surface area contributed by atoms with Crippen LogP contribution in [0.15, 0.2) is 34.3 Å². The number of aliphatic carboxylic acids is 2. The van der Waals surface area contributed by atoms with Gasteiger partial charge >= 0.3 is 11.9 Å². The van der Waals surface area contributed by atoms with Crippen LogP contribution < -0.4 is 26.7 Å². The first kappa shape index (κ1) is 28.6. The minimum Gasteiger partial charge on any atom is -0.478 e. The molecule has 1 saturated heterocycles. The minimum atomic E-state index is -1.77. The topological polar surface area (TPSA) is 239 Å². The maximum absolute atomic E-state index is 13.2. The van der Waals surface area contributed by atoms with Crippen molar-refractivity contribution in [3.05, 3.63) is 34.9 Å². The molecule has 0 saturated carbocycles. The number of oxime groups is 1. The van der Waals surface area contributed by atoms with Crippen molar-refractivity contribution < 1.29 is 38.8 Å². The summed E-state index contributed by atoms with van der Waals surface area (Å²) in [5, 5.41) is 29.2. The Morgan fingerprint density at radius 3 is 2.62 bits per heavy atom. The Morgan fingerprint density at radius 2 is 2.05 bits per heavy atom. The summed E-state index contributed by atoms with van der Waals surface area (Å²) >= 11 is 2.29. The highest BCUT2D eigenvalue weighted by Gasteiger charge is 2.54. The number of β-lactam (4-membered cyclic amide) rings is 1. The first-order chi connectivity index (χ1) is 18.8. The molecule has 4 heterocycles. The van der Waals surface area contributed by atoms with E-state index in [9.17, 15) is 29.4 Å². The third kappa shape index (κ3) is 5.48. The van der Waals surface area contributed by atoms with Gasteiger partial charge in [0.05, 0.1) is 0 Å². The Hall–Kier alpha value is -4.45. The van der Waals surface area contributed by atoms with E-state index in [1.54, 1.807) is 17.8 Å². The lowest BCUT2D eigenvalue weighted by molar-refractivity contribution is -0.691. The van der Waals surface area contributed by atoms with Gasteiger partial charge in [0.25, 0.3) is 24.0 Å². The fourth-order valence-electron chi connectivity index (χ4n) is 3.81. The highest BCUT2D eigenvalue weighted by molar-refractivity contribution is 8.00. The number of nitrogens with zero attached hydrogens (tertiary/aromatic N) is 5. The van der Waals surface area contributed by atoms with E-state index in [4.69, 9.17) is 16.3 Å². The summed E-state index contributed by atoms with van der Waals surface area (Å²) in [6.07, 6.45) is 3.09. The number of carbonyl (C=O) groups is 4. The van der Waals surface area contributed by atoms with E-state index in [1.807, 2.05) is 0 Å². The van der Waals surface area contributed by atoms with Gasteiger partial charge in [0.2, 0.25) is 5.60 Å². The van der Waals surface area contributed by atoms with Gasteiger partial charge in [-0.05, 0) is 18.8 Å². The zero-order valence-electron chi connectivity index (χ0n) is 21.4. The Kier molecular flexibility index (Phi) is 7.83. The number of fused-ring (bicyclic) bond motifs is 1. The number of thioether (sulfide) groups is 1. The van der Waals surface area contributed by atoms with Crippen molar-refractivity contribution >= 4 is 69.2 Å². The van der Waals surface area contributed by atoms with Crippen molar-refractivity contribution in [2.75, 3.05) is 29.6 Å². The molecule has 18 heteroatoms. The van der Waals surface area contributed by atoms with Crippen molar-refractivity contribution in [3.63, 3.8) is 0 Å². The number of thiazole rings is 1. The second-order valence-corrected chi connectivity index (χ2v) is 11.1. The van der Waals surface area contributed by atoms with Gasteiger partial charge in [-0.25, -0.2) is 19.1 Å². The van der Waals surface area contributed by atoms with E-state index in [2.05, 4.69) is 25.8 Å². The molecule has 0 aromatic carbocycles. The summed E-state index contributed by atoms with van der Waals surface area (Å²) in [5.41, 5.74) is 10.1. The zero-order chi connectivity index (χ0) is 29.4. The molecule has 2 atom stereocenters. The average Bonchev–Trinajstić information content (AvgIpc) is 3.32. The fraction of sp³-hybridized carbons (Fsp3) is 0.364. The van der Waals surface area contributed by atoms with Gasteiger partial charge in [0.1, 0.15) is 41.2 Å². The lowest BCUT2D eigenvalue weighted by atomic mass is 10.0. The number of aromatic nitrogens is 3. The van der Waals surface area contributed by atoms with Gasteiger partial charge in [0, 0.05) is 23.8 Å². The van der Waals surface area contributed by atoms with Crippen molar-refractivity contribution in [2.24, 2.45) is 5.16 Å². The van der Waals surface area contributed by atoms with Crippen LogP contribution in [0.4, 0.5) is 16.6 Å². The molecule has 16 nitrogen and oxygen atoms in total. The molecule has 1 unspecified atom stereocenters. The van der Waals surface area contributed by atoms with Crippen LogP contribution in [0, 0.1) is 0 Å². The third-order valence-corrected chi connectivity index (χ3v) is 7.93. The molecular weight excluding hydrogens is 566 g/mol. The van der Waals surface area contributed by atoms with Gasteiger partial charge in [-0.1, -0.05) is 5.16 Å². The number of hydrogen-bond donors (Lipinski definition) is 6. The van der Waals surface area contributed by atoms with Crippen LogP contribution in [-0.4, -0.2) is 84.4 Å². The lowest BCUT2D eigenvalue weighted by Crippen LogP contribution is -2.71. The summed E-state index contributed by atoms with van der Waals surface area (Å²) in [6.45, 7) is 2.61. The van der Waals surface area contributed by atoms with E-state index < -0.39 is 46.5 Å². The molecule has 0 bridgehead atoms. The maximum atomic E-state index is 13.2. The standard InChI is InChI=1S/C22H25N9O7S2/c1-22(2,20(36)37)38-29-12(11-7-40-21(24)27-11)16(32)28-13-17(33)31-14(19(34)35)9(6-39-18(13)31)4-30-5-10(23)15(25-3)26-8-30/h5,7-8,13,18H,4,6,23H2,1-3H3,(H5,24,27,28,32,34,35,36,37)/p+1/b29-12-/t13-,18?/m1/s1. The van der Waals surface area contributed by atoms with Crippen LogP contribution in [0.1, 0.15) is 19.5 Å². The van der Waals surface area contributed by atoms with Crippen LogP contribution in [0.3, 0.4) is 0 Å². The van der Waals surface area contributed by atoms with Crippen molar-refractivity contribution in [1.29, 1.82) is 0 Å². The number of nitrogen functional groups attached to an aromatic ring is 2. The number of rotatable bonds is 10. The number of nitrogens with two attached hydrogens (primary N) is 2. The Labute approximate surface area is 235 Å². The number of anilines is 3. The first-order valence-corrected chi connectivity index (χ1v) is 13.5. The average molecular weight is 593 g/mol. The summed E-state index contributed by atoms with van der Waals surface area (Å²) in [7, 11) is 1.67. The summed E-state index contributed by atoms with van der Waals surface area (Å²) in [6, 6.07) is -1.08. The van der Waals surface area contributed by atoms with Crippen LogP contribution >= 0.6 is 23.1 Å². The van der Waals surface area contributed by atoms with E-state index in [1.165, 1.54) is 37.3 Å². The summed E-state index contributed by atoms with van der Waals surface area (Å²) in [5.74, 6) is -3.41. The van der Waals surface area contributed by atoms with Crippen LogP contribution in [0.5, 0.6) is 0 Å². The number of amides is 2. The van der Waals surface area contributed by atoms with Crippen molar-refractivity contribution in [2.45, 2.75) is 37.4 Å². The molecule has 0 radical (unpaired) electrons. The molecule has 1 fully saturated rings. The minimum absolute atomic E-state index is 0.0173. The molecule has 0 spiro atoms. The molecule has 212 valence electrons. The molecule has 4 rings (SSSR count). The van der Waals surface area contributed by atoms with E-state index in [0.29, 0.717) is 17.1 Å². The highest BCUT2D eigenvalue weighted by Crippen LogP contribution is 2.40. The van der Waals surface area contributed by atoms with Gasteiger partial charge in [-0.3, -0.25) is 14.5 Å². The van der Waals surface area contributed by atoms with Crippen LogP contribution in [0.2, 0.25) is 0 Å². The van der Waals surface area contributed by atoms with Crippen molar-refractivity contribution in [1.82, 2.24) is 20.2 Å². The fourth-order valence-corrected chi connectivity index (χ4v) is 5.69. The molecule has 40 heavy (non-hydrogen) atoms. The van der Waals surface area contributed by atoms with Crippen LogP contribution in [-0.2, 0) is 30.6 Å². The SMILES string of the molecule is CNc1nc[n+](CC2=C(C(=O)O)N3C(=O)[C@@H](NC(=O)/C(=N\OC(C)(C)C(=O)O)c4csc(N)n4)C3SC2)cc1N. The Morgan fingerprint density at radius 1 is 1.32 bits per heavy atom. The van der Waals surface area contributed by atoms with E-state index >= 15 is 0 Å². The Bertz CT molecular complexity index is 1460. The molecule has 2 aromatic heterocycles. The van der Waals surface area contributed by atoms with Crippen molar-refractivity contribution in [3.8, 4) is 0 Å². The smallest absolute Gasteiger partial charge is 0.352 e. The summed E-state index contributed by atoms with van der Waals surface area (Å²) < 4.78 is 1.61.